The van der Waals surface area contributed by atoms with Crippen LogP contribution in [-0.2, 0) is 0 Å². The molecule has 0 saturated carbocycles. The van der Waals surface area contributed by atoms with Crippen molar-refractivity contribution in [2.75, 3.05) is 12.4 Å². The topological polar surface area (TPSA) is 64.1 Å². The minimum Gasteiger partial charge on any atom is -0.481 e. The molecule has 120 valence electrons. The van der Waals surface area contributed by atoms with E-state index < -0.39 is 0 Å². The van der Waals surface area contributed by atoms with Gasteiger partial charge in [-0.2, -0.15) is 0 Å². The van der Waals surface area contributed by atoms with E-state index in [1.54, 1.807) is 43.8 Å². The molecule has 2 aromatic heterocycles. The zero-order valence-corrected chi connectivity index (χ0v) is 13.5. The molecule has 0 aliphatic heterocycles. The van der Waals surface area contributed by atoms with Gasteiger partial charge in [-0.1, -0.05) is 12.1 Å². The van der Waals surface area contributed by atoms with Crippen LogP contribution in [0.3, 0.4) is 0 Å². The van der Waals surface area contributed by atoms with Crippen molar-refractivity contribution >= 4 is 11.6 Å². The molecule has 0 atom stereocenters. The first-order valence-electron chi connectivity index (χ1n) is 7.50. The summed E-state index contributed by atoms with van der Waals surface area (Å²) in [5, 5.41) is 2.81. The molecule has 0 unspecified atom stereocenters. The first-order valence-corrected chi connectivity index (χ1v) is 7.50. The molecule has 1 N–H and O–H groups in total. The van der Waals surface area contributed by atoms with Crippen molar-refractivity contribution in [3.63, 3.8) is 0 Å². The smallest absolute Gasteiger partial charge is 0.255 e. The highest BCUT2D eigenvalue weighted by Crippen LogP contribution is 2.19. The van der Waals surface area contributed by atoms with Gasteiger partial charge in [0, 0.05) is 23.4 Å². The van der Waals surface area contributed by atoms with Gasteiger partial charge in [0.15, 0.2) is 0 Å². The molecule has 0 saturated heterocycles. The third kappa shape index (κ3) is 3.57. The number of hydrogen-bond donors (Lipinski definition) is 1. The highest BCUT2D eigenvalue weighted by atomic mass is 16.5. The lowest BCUT2D eigenvalue weighted by atomic mass is 10.1. The first-order chi connectivity index (χ1) is 11.7. The van der Waals surface area contributed by atoms with Gasteiger partial charge < -0.3 is 10.1 Å². The number of methoxy groups -OCH3 is 1. The van der Waals surface area contributed by atoms with E-state index in [9.17, 15) is 4.79 Å². The second kappa shape index (κ2) is 6.91. The number of carbonyl (C=O) groups excluding carboxylic acids is 1. The fraction of sp³-hybridized carbons (Fsp3) is 0.105. The number of aryl methyl sites for hydroxylation is 1. The molecule has 5 nitrogen and oxygen atoms in total. The summed E-state index contributed by atoms with van der Waals surface area (Å²) in [7, 11) is 1.55. The number of nitrogens with one attached hydrogen (secondary N) is 1. The summed E-state index contributed by atoms with van der Waals surface area (Å²) in [4.78, 5) is 20.7. The average molecular weight is 319 g/mol. The molecule has 0 aliphatic carbocycles. The molecular formula is C19H17N3O2. The molecule has 0 radical (unpaired) electrons. The van der Waals surface area contributed by atoms with Crippen LogP contribution in [-0.4, -0.2) is 23.0 Å². The molecule has 0 bridgehead atoms. The van der Waals surface area contributed by atoms with E-state index >= 15 is 0 Å². The predicted molar refractivity (Wildman–Crippen MR) is 93.2 cm³/mol. The Morgan fingerprint density at radius 3 is 2.46 bits per heavy atom. The quantitative estimate of drug-likeness (QED) is 0.796. The summed E-state index contributed by atoms with van der Waals surface area (Å²) in [6.07, 6.45) is 3.34. The summed E-state index contributed by atoms with van der Waals surface area (Å²) in [6.45, 7) is 2.02. The van der Waals surface area contributed by atoms with Crippen molar-refractivity contribution in [1.29, 1.82) is 0 Å². The Hall–Kier alpha value is -3.21. The Morgan fingerprint density at radius 1 is 1.04 bits per heavy atom. The maximum atomic E-state index is 12.3. The number of hydrogen-bond acceptors (Lipinski definition) is 4. The van der Waals surface area contributed by atoms with E-state index in [1.807, 2.05) is 31.2 Å². The first kappa shape index (κ1) is 15.7. The lowest BCUT2D eigenvalue weighted by Gasteiger charge is -2.07. The van der Waals surface area contributed by atoms with Crippen LogP contribution in [0.2, 0.25) is 0 Å². The van der Waals surface area contributed by atoms with Crippen LogP contribution in [0.15, 0.2) is 60.9 Å². The van der Waals surface area contributed by atoms with Crippen molar-refractivity contribution in [3.05, 3.63) is 72.1 Å². The van der Waals surface area contributed by atoms with Crippen molar-refractivity contribution in [2.24, 2.45) is 0 Å². The molecule has 3 rings (SSSR count). The number of carbonyl (C=O) groups is 1. The zero-order valence-electron chi connectivity index (χ0n) is 13.5. The summed E-state index contributed by atoms with van der Waals surface area (Å²) in [6, 6.07) is 14.8. The van der Waals surface area contributed by atoms with E-state index in [1.165, 1.54) is 0 Å². The molecule has 3 aromatic rings. The van der Waals surface area contributed by atoms with Gasteiger partial charge in [0.1, 0.15) is 0 Å². The molecule has 0 spiro atoms. The number of nitrogens with zero attached hydrogens (tertiary/aromatic N) is 2. The third-order valence-corrected chi connectivity index (χ3v) is 3.56. The van der Waals surface area contributed by atoms with Gasteiger partial charge in [-0.3, -0.25) is 9.78 Å². The summed E-state index contributed by atoms with van der Waals surface area (Å²) in [5.74, 6) is 0.314. The van der Waals surface area contributed by atoms with Crippen LogP contribution >= 0.6 is 0 Å². The normalized spacial score (nSPS) is 10.2. The van der Waals surface area contributed by atoms with Gasteiger partial charge >= 0.3 is 0 Å². The van der Waals surface area contributed by atoms with Crippen molar-refractivity contribution < 1.29 is 9.53 Å². The van der Waals surface area contributed by atoms with Crippen LogP contribution in [0.4, 0.5) is 5.69 Å². The Morgan fingerprint density at radius 2 is 1.83 bits per heavy atom. The van der Waals surface area contributed by atoms with Gasteiger partial charge in [0.25, 0.3) is 5.91 Å². The van der Waals surface area contributed by atoms with Crippen LogP contribution in [0.5, 0.6) is 5.88 Å². The maximum absolute atomic E-state index is 12.3. The Balaban J connectivity index is 1.73. The Kier molecular flexibility index (Phi) is 4.52. The van der Waals surface area contributed by atoms with E-state index in [0.717, 1.165) is 16.8 Å². The van der Waals surface area contributed by atoms with Crippen molar-refractivity contribution in [2.45, 2.75) is 6.92 Å². The second-order valence-electron chi connectivity index (χ2n) is 5.34. The molecular weight excluding hydrogens is 302 g/mol. The van der Waals surface area contributed by atoms with Crippen LogP contribution in [0.1, 0.15) is 15.9 Å². The molecule has 1 amide bonds. The molecule has 24 heavy (non-hydrogen) atoms. The lowest BCUT2D eigenvalue weighted by molar-refractivity contribution is 0.102. The summed E-state index contributed by atoms with van der Waals surface area (Å²) < 4.78 is 4.99. The van der Waals surface area contributed by atoms with Crippen LogP contribution in [0.25, 0.3) is 11.3 Å². The number of aromatic nitrogens is 2. The maximum Gasteiger partial charge on any atom is 0.255 e. The number of pyridine rings is 2. The standard InChI is InChI=1S/C19H17N3O2/c1-13-9-10-20-17(11-13)14-3-5-15(6-4-14)19(23)22-16-7-8-18(24-2)21-12-16/h3-12H,1-2H3,(H,22,23). The minimum atomic E-state index is -0.189. The van der Waals surface area contributed by atoms with E-state index in [2.05, 4.69) is 15.3 Å². The Bertz CT molecular complexity index is 843. The third-order valence-electron chi connectivity index (χ3n) is 3.56. The number of amides is 1. The molecule has 0 fully saturated rings. The number of benzene rings is 1. The minimum absolute atomic E-state index is 0.189. The molecule has 0 aliphatic rings. The van der Waals surface area contributed by atoms with Crippen molar-refractivity contribution in [3.8, 4) is 17.1 Å². The lowest BCUT2D eigenvalue weighted by Crippen LogP contribution is -2.11. The van der Waals surface area contributed by atoms with Gasteiger partial charge in [-0.15, -0.1) is 0 Å². The van der Waals surface area contributed by atoms with Gasteiger partial charge in [-0.25, -0.2) is 4.98 Å². The highest BCUT2D eigenvalue weighted by molar-refractivity contribution is 6.04. The monoisotopic (exact) mass is 319 g/mol. The van der Waals surface area contributed by atoms with Crippen molar-refractivity contribution in [1.82, 2.24) is 9.97 Å². The fourth-order valence-corrected chi connectivity index (χ4v) is 2.26. The van der Waals surface area contributed by atoms with Gasteiger partial charge in [-0.05, 0) is 42.8 Å². The average Bonchev–Trinajstić information content (AvgIpc) is 2.62. The summed E-state index contributed by atoms with van der Waals surface area (Å²) in [5.41, 5.74) is 4.20. The number of rotatable bonds is 4. The Labute approximate surface area is 140 Å². The number of ether oxygens (including phenoxy) is 1. The second-order valence-corrected chi connectivity index (χ2v) is 5.34. The fourth-order valence-electron chi connectivity index (χ4n) is 2.26. The SMILES string of the molecule is COc1ccc(NC(=O)c2ccc(-c3cc(C)ccn3)cc2)cn1. The largest absolute Gasteiger partial charge is 0.481 e. The molecule has 5 heteroatoms. The zero-order chi connectivity index (χ0) is 16.9. The molecule has 2 heterocycles. The molecule has 1 aromatic carbocycles. The van der Waals surface area contributed by atoms with Gasteiger partial charge in [0.2, 0.25) is 5.88 Å². The van der Waals surface area contributed by atoms with E-state index in [-0.39, 0.29) is 5.91 Å². The van der Waals surface area contributed by atoms with Crippen LogP contribution < -0.4 is 10.1 Å². The van der Waals surface area contributed by atoms with E-state index in [4.69, 9.17) is 4.74 Å². The van der Waals surface area contributed by atoms with E-state index in [0.29, 0.717) is 17.1 Å². The predicted octanol–water partition coefficient (Wildman–Crippen LogP) is 3.71. The highest BCUT2D eigenvalue weighted by Gasteiger charge is 2.07. The van der Waals surface area contributed by atoms with Gasteiger partial charge in [0.05, 0.1) is 24.7 Å². The number of anilines is 1. The van der Waals surface area contributed by atoms with Crippen LogP contribution in [0, 0.1) is 6.92 Å². The summed E-state index contributed by atoms with van der Waals surface area (Å²) >= 11 is 0.